The molecule has 1 aromatic carbocycles. The van der Waals surface area contributed by atoms with Gasteiger partial charge in [0.1, 0.15) is 0 Å². The first-order valence-corrected chi connectivity index (χ1v) is 6.79. The zero-order chi connectivity index (χ0) is 16.7. The lowest BCUT2D eigenvalue weighted by Crippen LogP contribution is -2.20. The van der Waals surface area contributed by atoms with Crippen LogP contribution < -0.4 is 10.1 Å². The first-order chi connectivity index (χ1) is 11.1. The minimum absolute atomic E-state index is 0.0505. The molecule has 0 aliphatic heterocycles. The Morgan fingerprint density at radius 3 is 2.87 bits per heavy atom. The number of nitrogens with zero attached hydrogens (tertiary/aromatic N) is 2. The van der Waals surface area contributed by atoms with E-state index in [1.54, 1.807) is 36.5 Å². The van der Waals surface area contributed by atoms with Crippen LogP contribution in [0.5, 0.6) is 5.88 Å². The lowest BCUT2D eigenvalue weighted by molar-refractivity contribution is -0.385. The fourth-order valence-electron chi connectivity index (χ4n) is 1.94. The average molecular weight is 313 g/mol. The number of benzene rings is 1. The third kappa shape index (κ3) is 4.37. The Morgan fingerprint density at radius 2 is 2.13 bits per heavy atom. The number of para-hydroxylation sites is 1. The SMILES string of the molecule is COc1ncccc1CNC(=O)/C=C/c1ccccc1[N+](=O)[O-]. The number of carbonyl (C=O) groups is 1. The standard InChI is InChI=1S/C16H15N3O4/c1-23-16-13(6-4-10-17-16)11-18-15(20)9-8-12-5-2-3-7-14(12)19(21)22/h2-10H,11H2,1H3,(H,18,20)/b9-8+. The monoisotopic (exact) mass is 313 g/mol. The van der Waals surface area contributed by atoms with Gasteiger partial charge in [-0.1, -0.05) is 18.2 Å². The Balaban J connectivity index is 2.01. The molecule has 0 radical (unpaired) electrons. The number of methoxy groups -OCH3 is 1. The zero-order valence-electron chi connectivity index (χ0n) is 12.4. The van der Waals surface area contributed by atoms with Gasteiger partial charge in [-0.25, -0.2) is 4.98 Å². The molecule has 0 spiro atoms. The van der Waals surface area contributed by atoms with Crippen LogP contribution in [0, 0.1) is 10.1 Å². The summed E-state index contributed by atoms with van der Waals surface area (Å²) < 4.78 is 5.09. The highest BCUT2D eigenvalue weighted by Crippen LogP contribution is 2.18. The van der Waals surface area contributed by atoms with Gasteiger partial charge in [-0.15, -0.1) is 0 Å². The van der Waals surface area contributed by atoms with E-state index in [4.69, 9.17) is 4.74 Å². The fourth-order valence-corrected chi connectivity index (χ4v) is 1.94. The molecule has 1 amide bonds. The van der Waals surface area contributed by atoms with Crippen molar-refractivity contribution in [1.29, 1.82) is 0 Å². The van der Waals surface area contributed by atoms with Gasteiger partial charge in [-0.3, -0.25) is 14.9 Å². The van der Waals surface area contributed by atoms with Gasteiger partial charge in [0.25, 0.3) is 5.69 Å². The van der Waals surface area contributed by atoms with E-state index in [2.05, 4.69) is 10.3 Å². The molecule has 0 saturated heterocycles. The lowest BCUT2D eigenvalue weighted by atomic mass is 10.1. The van der Waals surface area contributed by atoms with Crippen molar-refractivity contribution in [3.63, 3.8) is 0 Å². The summed E-state index contributed by atoms with van der Waals surface area (Å²) in [6.45, 7) is 0.247. The van der Waals surface area contributed by atoms with Crippen molar-refractivity contribution in [2.75, 3.05) is 7.11 Å². The van der Waals surface area contributed by atoms with Crippen molar-refractivity contribution in [3.8, 4) is 5.88 Å². The Hall–Kier alpha value is -3.22. The van der Waals surface area contributed by atoms with Crippen molar-refractivity contribution in [1.82, 2.24) is 10.3 Å². The summed E-state index contributed by atoms with van der Waals surface area (Å²) in [5.74, 6) is 0.0736. The first-order valence-electron chi connectivity index (χ1n) is 6.79. The maximum absolute atomic E-state index is 11.8. The van der Waals surface area contributed by atoms with Gasteiger partial charge in [-0.05, 0) is 18.2 Å². The molecule has 0 bridgehead atoms. The summed E-state index contributed by atoms with van der Waals surface area (Å²) in [5.41, 5.74) is 1.06. The number of nitro benzene ring substituents is 1. The minimum atomic E-state index is -0.488. The topological polar surface area (TPSA) is 94.4 Å². The van der Waals surface area contributed by atoms with Gasteiger partial charge in [0.2, 0.25) is 11.8 Å². The largest absolute Gasteiger partial charge is 0.481 e. The van der Waals surface area contributed by atoms with Crippen molar-refractivity contribution in [2.45, 2.75) is 6.54 Å². The zero-order valence-corrected chi connectivity index (χ0v) is 12.4. The first kappa shape index (κ1) is 16.2. The van der Waals surface area contributed by atoms with Crippen LogP contribution >= 0.6 is 0 Å². The lowest BCUT2D eigenvalue weighted by Gasteiger charge is -2.06. The number of carbonyl (C=O) groups excluding carboxylic acids is 1. The van der Waals surface area contributed by atoms with Crippen LogP contribution in [-0.4, -0.2) is 22.9 Å². The van der Waals surface area contributed by atoms with Crippen LogP contribution in [0.1, 0.15) is 11.1 Å². The summed E-state index contributed by atoms with van der Waals surface area (Å²) in [7, 11) is 1.50. The quantitative estimate of drug-likeness (QED) is 0.502. The van der Waals surface area contributed by atoms with Gasteiger partial charge < -0.3 is 10.1 Å². The third-order valence-corrected chi connectivity index (χ3v) is 3.04. The molecule has 0 aliphatic rings. The van der Waals surface area contributed by atoms with E-state index in [0.717, 1.165) is 5.56 Å². The van der Waals surface area contributed by atoms with Crippen molar-refractivity contribution in [2.24, 2.45) is 0 Å². The highest BCUT2D eigenvalue weighted by molar-refractivity contribution is 5.92. The Morgan fingerprint density at radius 1 is 1.35 bits per heavy atom. The summed E-state index contributed by atoms with van der Waals surface area (Å²) in [4.78, 5) is 26.3. The van der Waals surface area contributed by atoms with Crippen molar-refractivity contribution < 1.29 is 14.5 Å². The van der Waals surface area contributed by atoms with Gasteiger partial charge in [0, 0.05) is 30.4 Å². The normalized spacial score (nSPS) is 10.5. The molecule has 1 aromatic heterocycles. The number of hydrogen-bond donors (Lipinski definition) is 1. The molecule has 0 fully saturated rings. The third-order valence-electron chi connectivity index (χ3n) is 3.04. The van der Waals surface area contributed by atoms with Gasteiger partial charge in [-0.2, -0.15) is 0 Å². The molecule has 0 atom stereocenters. The number of amides is 1. The Bertz CT molecular complexity index is 744. The van der Waals surface area contributed by atoms with E-state index in [-0.39, 0.29) is 18.1 Å². The fraction of sp³-hybridized carbons (Fsp3) is 0.125. The number of nitrogens with one attached hydrogen (secondary N) is 1. The van der Waals surface area contributed by atoms with E-state index in [9.17, 15) is 14.9 Å². The minimum Gasteiger partial charge on any atom is -0.481 e. The molecular weight excluding hydrogens is 298 g/mol. The maximum atomic E-state index is 11.8. The highest BCUT2D eigenvalue weighted by Gasteiger charge is 2.10. The smallest absolute Gasteiger partial charge is 0.276 e. The van der Waals surface area contributed by atoms with Crippen LogP contribution in [0.25, 0.3) is 6.08 Å². The van der Waals surface area contributed by atoms with Crippen LogP contribution in [0.4, 0.5) is 5.69 Å². The van der Waals surface area contributed by atoms with E-state index < -0.39 is 4.92 Å². The van der Waals surface area contributed by atoms with Crippen molar-refractivity contribution in [3.05, 3.63) is 69.9 Å². The predicted octanol–water partition coefficient (Wildman–Crippen LogP) is 2.33. The van der Waals surface area contributed by atoms with Gasteiger partial charge in [0.15, 0.2) is 0 Å². The highest BCUT2D eigenvalue weighted by atomic mass is 16.6. The van der Waals surface area contributed by atoms with Crippen LogP contribution in [0.3, 0.4) is 0 Å². The maximum Gasteiger partial charge on any atom is 0.276 e. The molecule has 0 saturated carbocycles. The molecular formula is C16H15N3O4. The van der Waals surface area contributed by atoms with E-state index in [1.165, 1.54) is 25.3 Å². The van der Waals surface area contributed by atoms with Crippen LogP contribution in [0.2, 0.25) is 0 Å². The molecule has 2 aromatic rings. The molecule has 1 N–H and O–H groups in total. The number of nitro groups is 1. The number of ether oxygens (including phenoxy) is 1. The molecule has 0 aliphatic carbocycles. The summed E-state index contributed by atoms with van der Waals surface area (Å²) in [6, 6.07) is 9.74. The Kier molecular flexibility index (Phi) is 5.40. The van der Waals surface area contributed by atoms with Gasteiger partial charge >= 0.3 is 0 Å². The number of rotatable bonds is 6. The summed E-state index contributed by atoms with van der Waals surface area (Å²) >= 11 is 0. The van der Waals surface area contributed by atoms with E-state index in [0.29, 0.717) is 11.4 Å². The number of hydrogen-bond acceptors (Lipinski definition) is 5. The number of aromatic nitrogens is 1. The second kappa shape index (κ2) is 7.69. The second-order valence-corrected chi connectivity index (χ2v) is 4.54. The van der Waals surface area contributed by atoms with Crippen LogP contribution in [-0.2, 0) is 11.3 Å². The molecule has 7 heteroatoms. The molecule has 118 valence electrons. The van der Waals surface area contributed by atoms with Crippen LogP contribution in [0.15, 0.2) is 48.7 Å². The summed E-state index contributed by atoms with van der Waals surface area (Å²) in [6.07, 6.45) is 4.26. The average Bonchev–Trinajstić information content (AvgIpc) is 2.58. The predicted molar refractivity (Wildman–Crippen MR) is 84.8 cm³/mol. The number of pyridine rings is 1. The molecule has 0 unspecified atom stereocenters. The molecule has 7 nitrogen and oxygen atoms in total. The summed E-state index contributed by atoms with van der Waals surface area (Å²) in [5, 5.41) is 13.6. The molecule has 23 heavy (non-hydrogen) atoms. The second-order valence-electron chi connectivity index (χ2n) is 4.54. The molecule has 2 rings (SSSR count). The van der Waals surface area contributed by atoms with Crippen molar-refractivity contribution >= 4 is 17.7 Å². The van der Waals surface area contributed by atoms with E-state index >= 15 is 0 Å². The van der Waals surface area contributed by atoms with Gasteiger partial charge in [0.05, 0.1) is 17.6 Å². The van der Waals surface area contributed by atoms with E-state index in [1.807, 2.05) is 0 Å². The molecule has 1 heterocycles. The Labute approximate surface area is 132 Å².